The zero-order valence-corrected chi connectivity index (χ0v) is 19.7. The molecular weight excluding hydrogens is 496 g/mol. The van der Waals surface area contributed by atoms with Crippen molar-refractivity contribution in [3.8, 4) is 11.4 Å². The van der Waals surface area contributed by atoms with Gasteiger partial charge >= 0.3 is 6.18 Å². The van der Waals surface area contributed by atoms with Gasteiger partial charge in [0, 0.05) is 11.4 Å². The summed E-state index contributed by atoms with van der Waals surface area (Å²) >= 11 is 1.08. The van der Waals surface area contributed by atoms with Crippen LogP contribution in [0.25, 0.3) is 5.69 Å². The molecule has 0 fully saturated rings. The van der Waals surface area contributed by atoms with E-state index in [1.54, 1.807) is 11.5 Å². The van der Waals surface area contributed by atoms with E-state index in [-0.39, 0.29) is 17.3 Å². The van der Waals surface area contributed by atoms with Crippen LogP contribution in [0.2, 0.25) is 0 Å². The summed E-state index contributed by atoms with van der Waals surface area (Å²) in [5, 5.41) is 11.3. The lowest BCUT2D eigenvalue weighted by Crippen LogP contribution is -2.16. The van der Waals surface area contributed by atoms with Crippen LogP contribution in [0.3, 0.4) is 0 Å². The zero-order chi connectivity index (χ0) is 25.7. The number of para-hydroxylation sites is 1. The Kier molecular flexibility index (Phi) is 7.58. The molecule has 0 spiro atoms. The number of hydrogen-bond donors (Lipinski definition) is 1. The highest BCUT2D eigenvalue weighted by Crippen LogP contribution is 2.31. The van der Waals surface area contributed by atoms with E-state index < -0.39 is 23.8 Å². The van der Waals surface area contributed by atoms with Crippen LogP contribution in [-0.4, -0.2) is 26.4 Å². The number of benzene rings is 3. The third-order valence-electron chi connectivity index (χ3n) is 4.97. The molecule has 11 heteroatoms. The molecule has 1 atom stereocenters. The predicted octanol–water partition coefficient (Wildman–Crippen LogP) is 6.30. The molecule has 1 amide bonds. The molecule has 0 aliphatic rings. The van der Waals surface area contributed by atoms with Gasteiger partial charge in [-0.3, -0.25) is 9.36 Å². The van der Waals surface area contributed by atoms with Crippen LogP contribution >= 0.6 is 11.8 Å². The lowest BCUT2D eigenvalue weighted by atomic mass is 10.2. The van der Waals surface area contributed by atoms with Crippen molar-refractivity contribution < 1.29 is 27.1 Å². The van der Waals surface area contributed by atoms with Crippen LogP contribution in [0.5, 0.6) is 5.75 Å². The molecule has 1 unspecified atom stereocenters. The number of carbonyl (C=O) groups excluding carboxylic acids is 1. The Balaban J connectivity index is 1.51. The standard InChI is InChI=1S/C25H20F4N4O2S/c1-16(35-21-12-10-18(26)11-13-21)23-31-32-24(33(23)20-8-3-2-4-9-20)36-15-22(34)30-19-7-5-6-17(14-19)25(27,28)29/h2-14,16H,15H2,1H3,(H,30,34). The number of halogens is 4. The minimum Gasteiger partial charge on any atom is -0.483 e. The van der Waals surface area contributed by atoms with Gasteiger partial charge < -0.3 is 10.1 Å². The molecular formula is C25H20F4N4O2S. The van der Waals surface area contributed by atoms with Crippen molar-refractivity contribution in [2.24, 2.45) is 0 Å². The lowest BCUT2D eigenvalue weighted by molar-refractivity contribution is -0.137. The van der Waals surface area contributed by atoms with Crippen molar-refractivity contribution in [2.75, 3.05) is 11.1 Å². The zero-order valence-electron chi connectivity index (χ0n) is 18.9. The first kappa shape index (κ1) is 25.2. The number of anilines is 1. The highest BCUT2D eigenvalue weighted by molar-refractivity contribution is 7.99. The van der Waals surface area contributed by atoms with E-state index in [1.165, 1.54) is 36.4 Å². The molecule has 4 aromatic rings. The Morgan fingerprint density at radius 1 is 1.03 bits per heavy atom. The smallest absolute Gasteiger partial charge is 0.416 e. The third kappa shape index (κ3) is 6.22. The van der Waals surface area contributed by atoms with Gasteiger partial charge in [-0.25, -0.2) is 4.39 Å². The van der Waals surface area contributed by atoms with Crippen molar-refractivity contribution >= 4 is 23.4 Å². The summed E-state index contributed by atoms with van der Waals surface area (Å²) in [6.07, 6.45) is -5.08. The SMILES string of the molecule is CC(Oc1ccc(F)cc1)c1nnc(SCC(=O)Nc2cccc(C(F)(F)F)c2)n1-c1ccccc1. The van der Waals surface area contributed by atoms with Gasteiger partial charge in [0.15, 0.2) is 17.1 Å². The maximum absolute atomic E-state index is 13.2. The van der Waals surface area contributed by atoms with E-state index in [4.69, 9.17) is 4.74 Å². The van der Waals surface area contributed by atoms with Crippen molar-refractivity contribution in [1.29, 1.82) is 0 Å². The summed E-state index contributed by atoms with van der Waals surface area (Å²) in [7, 11) is 0. The maximum atomic E-state index is 13.2. The van der Waals surface area contributed by atoms with Crippen LogP contribution in [-0.2, 0) is 11.0 Å². The molecule has 1 aromatic heterocycles. The number of alkyl halides is 3. The van der Waals surface area contributed by atoms with Gasteiger partial charge in [0.1, 0.15) is 11.6 Å². The average molecular weight is 517 g/mol. The van der Waals surface area contributed by atoms with Gasteiger partial charge in [-0.2, -0.15) is 13.2 Å². The molecule has 0 aliphatic heterocycles. The second kappa shape index (κ2) is 10.8. The fourth-order valence-electron chi connectivity index (χ4n) is 3.33. The largest absolute Gasteiger partial charge is 0.483 e. The number of hydrogen-bond acceptors (Lipinski definition) is 5. The van der Waals surface area contributed by atoms with Crippen LogP contribution in [0.4, 0.5) is 23.2 Å². The lowest BCUT2D eigenvalue weighted by Gasteiger charge is -2.16. The molecule has 3 aromatic carbocycles. The summed E-state index contributed by atoms with van der Waals surface area (Å²) in [6.45, 7) is 1.77. The molecule has 6 nitrogen and oxygen atoms in total. The van der Waals surface area contributed by atoms with E-state index in [0.717, 1.165) is 29.6 Å². The second-order valence-corrected chi connectivity index (χ2v) is 8.58. The minimum atomic E-state index is -4.51. The molecule has 0 saturated carbocycles. The topological polar surface area (TPSA) is 69.0 Å². The van der Waals surface area contributed by atoms with Crippen LogP contribution in [0.15, 0.2) is 84.0 Å². The number of ether oxygens (including phenoxy) is 1. The normalized spacial score (nSPS) is 12.2. The van der Waals surface area contributed by atoms with Gasteiger partial charge in [0.2, 0.25) is 5.91 Å². The van der Waals surface area contributed by atoms with Crippen molar-refractivity contribution in [3.63, 3.8) is 0 Å². The molecule has 4 rings (SSSR count). The Morgan fingerprint density at radius 3 is 2.44 bits per heavy atom. The molecule has 0 aliphatic carbocycles. The number of amides is 1. The highest BCUT2D eigenvalue weighted by Gasteiger charge is 2.30. The highest BCUT2D eigenvalue weighted by atomic mass is 32.2. The fourth-order valence-corrected chi connectivity index (χ4v) is 4.09. The second-order valence-electron chi connectivity index (χ2n) is 7.64. The summed E-state index contributed by atoms with van der Waals surface area (Å²) < 4.78 is 59.7. The Labute approximate surface area is 208 Å². The Morgan fingerprint density at radius 2 is 1.75 bits per heavy atom. The first-order valence-corrected chi connectivity index (χ1v) is 11.7. The first-order chi connectivity index (χ1) is 17.2. The molecule has 1 heterocycles. The summed E-state index contributed by atoms with van der Waals surface area (Å²) in [5.74, 6) is -0.106. The van der Waals surface area contributed by atoms with Crippen LogP contribution in [0, 0.1) is 5.82 Å². The van der Waals surface area contributed by atoms with Gasteiger partial charge in [0.05, 0.1) is 11.3 Å². The Bertz CT molecular complexity index is 1330. The molecule has 36 heavy (non-hydrogen) atoms. The summed E-state index contributed by atoms with van der Waals surface area (Å²) in [5.41, 5.74) is -0.0774. The van der Waals surface area contributed by atoms with E-state index in [9.17, 15) is 22.4 Å². The molecule has 186 valence electrons. The third-order valence-corrected chi connectivity index (χ3v) is 5.90. The van der Waals surface area contributed by atoms with E-state index in [1.807, 2.05) is 30.3 Å². The molecule has 1 N–H and O–H groups in total. The van der Waals surface area contributed by atoms with E-state index in [0.29, 0.717) is 16.7 Å². The number of nitrogens with one attached hydrogen (secondary N) is 1. The number of carbonyl (C=O) groups is 1. The molecule has 0 saturated heterocycles. The van der Waals surface area contributed by atoms with Gasteiger partial charge in [-0.15, -0.1) is 10.2 Å². The predicted molar refractivity (Wildman–Crippen MR) is 128 cm³/mol. The van der Waals surface area contributed by atoms with Gasteiger partial charge in [0.25, 0.3) is 0 Å². The van der Waals surface area contributed by atoms with E-state index >= 15 is 0 Å². The number of rotatable bonds is 8. The molecule has 0 bridgehead atoms. The van der Waals surface area contributed by atoms with Gasteiger partial charge in [-0.05, 0) is 61.5 Å². The quantitative estimate of drug-likeness (QED) is 0.220. The molecule has 0 radical (unpaired) electrons. The summed E-state index contributed by atoms with van der Waals surface area (Å²) in [4.78, 5) is 12.5. The minimum absolute atomic E-state index is 0.0435. The number of aromatic nitrogens is 3. The number of nitrogens with zero attached hydrogens (tertiary/aromatic N) is 3. The van der Waals surface area contributed by atoms with Gasteiger partial charge in [-0.1, -0.05) is 36.0 Å². The van der Waals surface area contributed by atoms with Crippen molar-refractivity contribution in [3.05, 3.63) is 96.1 Å². The van der Waals surface area contributed by atoms with Crippen LogP contribution in [0.1, 0.15) is 24.4 Å². The average Bonchev–Trinajstić information content (AvgIpc) is 3.28. The van der Waals surface area contributed by atoms with E-state index in [2.05, 4.69) is 15.5 Å². The van der Waals surface area contributed by atoms with Crippen molar-refractivity contribution in [2.45, 2.75) is 24.4 Å². The Hall–Kier alpha value is -3.86. The monoisotopic (exact) mass is 516 g/mol. The number of thioether (sulfide) groups is 1. The first-order valence-electron chi connectivity index (χ1n) is 10.7. The summed E-state index contributed by atoms with van der Waals surface area (Å²) in [6, 6.07) is 19.2. The van der Waals surface area contributed by atoms with Crippen LogP contribution < -0.4 is 10.1 Å². The van der Waals surface area contributed by atoms with Crippen molar-refractivity contribution in [1.82, 2.24) is 14.8 Å². The maximum Gasteiger partial charge on any atom is 0.416 e. The fraction of sp³-hybridized carbons (Fsp3) is 0.160.